The number of carboxylic acids is 1. The summed E-state index contributed by atoms with van der Waals surface area (Å²) in [5.41, 5.74) is 5.15. The number of aromatic nitrogens is 1. The van der Waals surface area contributed by atoms with Crippen molar-refractivity contribution in [3.8, 4) is 5.75 Å². The fraction of sp³-hybridized carbons (Fsp3) is 0.370. The molecular formula is C27H28N2O3. The molecule has 1 saturated carbocycles. The van der Waals surface area contributed by atoms with E-state index in [9.17, 15) is 9.90 Å². The van der Waals surface area contributed by atoms with Gasteiger partial charge in [0.2, 0.25) is 0 Å². The largest absolute Gasteiger partial charge is 0.496 e. The zero-order valence-electron chi connectivity index (χ0n) is 18.4. The van der Waals surface area contributed by atoms with Crippen LogP contribution in [0.25, 0.3) is 10.9 Å². The summed E-state index contributed by atoms with van der Waals surface area (Å²) in [5, 5.41) is 10.6. The number of methoxy groups -OCH3 is 1. The van der Waals surface area contributed by atoms with Crippen molar-refractivity contribution in [2.45, 2.75) is 25.9 Å². The Morgan fingerprint density at radius 3 is 2.72 bits per heavy atom. The first-order chi connectivity index (χ1) is 15.5. The standard InChI is InChI=1S/C27H28N2O3/c1-15-11-23(32-2)22(20-9-10-28-25(15)20)14-29-13-21-18-7-8-19(12-18)24(21)26(29)16-3-5-17(6-4-16)27(30)31/h3-11,18-19,21,24,26,28H,12-14H2,1-2H3,(H,30,31)/t18-,19+,21+,24-,26+/m0/s1. The molecule has 2 bridgehead atoms. The first-order valence-electron chi connectivity index (χ1n) is 11.4. The average Bonchev–Trinajstić information content (AvgIpc) is 3.57. The number of hydrogen-bond acceptors (Lipinski definition) is 3. The maximum Gasteiger partial charge on any atom is 0.335 e. The Labute approximate surface area is 187 Å². The van der Waals surface area contributed by atoms with Gasteiger partial charge in [-0.15, -0.1) is 0 Å². The Morgan fingerprint density at radius 2 is 1.97 bits per heavy atom. The number of hydrogen-bond donors (Lipinski definition) is 2. The highest BCUT2D eigenvalue weighted by Crippen LogP contribution is 2.59. The minimum Gasteiger partial charge on any atom is -0.496 e. The van der Waals surface area contributed by atoms with Gasteiger partial charge in [0.05, 0.1) is 12.7 Å². The van der Waals surface area contributed by atoms with Crippen LogP contribution in [0.15, 0.2) is 54.7 Å². The molecule has 32 heavy (non-hydrogen) atoms. The van der Waals surface area contributed by atoms with Crippen molar-refractivity contribution in [2.75, 3.05) is 13.7 Å². The average molecular weight is 429 g/mol. The van der Waals surface area contributed by atoms with Crippen molar-refractivity contribution in [3.63, 3.8) is 0 Å². The van der Waals surface area contributed by atoms with Crippen LogP contribution in [0.3, 0.4) is 0 Å². The number of aromatic carboxylic acids is 1. The van der Waals surface area contributed by atoms with Gasteiger partial charge in [-0.05, 0) is 72.4 Å². The molecule has 5 nitrogen and oxygen atoms in total. The molecule has 2 N–H and O–H groups in total. The fourth-order valence-electron chi connectivity index (χ4n) is 6.72. The zero-order valence-corrected chi connectivity index (χ0v) is 18.4. The van der Waals surface area contributed by atoms with E-state index in [4.69, 9.17) is 4.74 Å². The molecule has 3 aromatic rings. The number of rotatable bonds is 5. The van der Waals surface area contributed by atoms with Crippen LogP contribution in [0, 0.1) is 30.6 Å². The van der Waals surface area contributed by atoms with Gasteiger partial charge < -0.3 is 14.8 Å². The summed E-state index contributed by atoms with van der Waals surface area (Å²) >= 11 is 0. The van der Waals surface area contributed by atoms with Crippen LogP contribution in [0.2, 0.25) is 0 Å². The van der Waals surface area contributed by atoms with Gasteiger partial charge in [0.1, 0.15) is 5.75 Å². The van der Waals surface area contributed by atoms with E-state index in [1.165, 1.54) is 34.0 Å². The molecule has 6 rings (SSSR count). The summed E-state index contributed by atoms with van der Waals surface area (Å²) in [6.45, 7) is 3.99. The van der Waals surface area contributed by atoms with Gasteiger partial charge in [-0.1, -0.05) is 24.3 Å². The number of carbonyl (C=O) groups is 1. The van der Waals surface area contributed by atoms with Crippen LogP contribution >= 0.6 is 0 Å². The third kappa shape index (κ3) is 2.84. The van der Waals surface area contributed by atoms with Crippen molar-refractivity contribution in [2.24, 2.45) is 23.7 Å². The molecule has 1 aliphatic heterocycles. The molecule has 3 aliphatic rings. The predicted octanol–water partition coefficient (Wildman–Crippen LogP) is 5.18. The maximum absolute atomic E-state index is 11.4. The van der Waals surface area contributed by atoms with Gasteiger partial charge in [0.15, 0.2) is 0 Å². The van der Waals surface area contributed by atoms with E-state index in [2.05, 4.69) is 41.1 Å². The van der Waals surface area contributed by atoms with E-state index >= 15 is 0 Å². The smallest absolute Gasteiger partial charge is 0.335 e. The van der Waals surface area contributed by atoms with E-state index in [1.54, 1.807) is 19.2 Å². The number of ether oxygens (including phenoxy) is 1. The van der Waals surface area contributed by atoms with Crippen LogP contribution in [0.4, 0.5) is 0 Å². The summed E-state index contributed by atoms with van der Waals surface area (Å²) in [4.78, 5) is 17.4. The van der Waals surface area contributed by atoms with Crippen molar-refractivity contribution in [1.82, 2.24) is 9.88 Å². The van der Waals surface area contributed by atoms with Gasteiger partial charge in [-0.3, -0.25) is 4.90 Å². The third-order valence-electron chi connectivity index (χ3n) is 8.08. The van der Waals surface area contributed by atoms with Gasteiger partial charge in [0, 0.05) is 41.8 Å². The molecule has 164 valence electrons. The number of likely N-dealkylation sites (tertiary alicyclic amines) is 1. The Morgan fingerprint density at radius 1 is 1.19 bits per heavy atom. The lowest BCUT2D eigenvalue weighted by Gasteiger charge is -2.31. The zero-order chi connectivity index (χ0) is 22.0. The number of benzene rings is 2. The summed E-state index contributed by atoms with van der Waals surface area (Å²) in [6.07, 6.45) is 8.12. The van der Waals surface area contributed by atoms with E-state index in [0.29, 0.717) is 29.2 Å². The molecule has 0 amide bonds. The Hall–Kier alpha value is -3.05. The number of allylic oxidation sites excluding steroid dienone is 2. The molecule has 0 radical (unpaired) electrons. The lowest BCUT2D eigenvalue weighted by Crippen LogP contribution is -2.27. The van der Waals surface area contributed by atoms with Crippen LogP contribution in [0.5, 0.6) is 5.75 Å². The van der Waals surface area contributed by atoms with Crippen LogP contribution in [-0.2, 0) is 6.54 Å². The molecular weight excluding hydrogens is 400 g/mol. The number of fused-ring (bicyclic) bond motifs is 6. The number of aryl methyl sites for hydroxylation is 1. The predicted molar refractivity (Wildman–Crippen MR) is 124 cm³/mol. The number of carboxylic acid groups (broad SMARTS) is 1. The minimum absolute atomic E-state index is 0.280. The van der Waals surface area contributed by atoms with Crippen LogP contribution in [-0.4, -0.2) is 34.6 Å². The van der Waals surface area contributed by atoms with E-state index < -0.39 is 5.97 Å². The second-order valence-corrected chi connectivity index (χ2v) is 9.63. The van der Waals surface area contributed by atoms with Gasteiger partial charge in [-0.2, -0.15) is 0 Å². The number of nitrogens with one attached hydrogen (secondary N) is 1. The number of aromatic amines is 1. The molecule has 0 spiro atoms. The second-order valence-electron chi connectivity index (χ2n) is 9.63. The lowest BCUT2D eigenvalue weighted by molar-refractivity contribution is 0.0697. The molecule has 0 unspecified atom stereocenters. The topological polar surface area (TPSA) is 65.6 Å². The Bertz CT molecular complexity index is 1230. The fourth-order valence-corrected chi connectivity index (χ4v) is 6.72. The second kappa shape index (κ2) is 7.24. The highest BCUT2D eigenvalue weighted by molar-refractivity contribution is 5.88. The molecule has 2 heterocycles. The molecule has 5 heteroatoms. The van der Waals surface area contributed by atoms with Crippen molar-refractivity contribution >= 4 is 16.9 Å². The van der Waals surface area contributed by atoms with Gasteiger partial charge >= 0.3 is 5.97 Å². The van der Waals surface area contributed by atoms with Crippen molar-refractivity contribution in [1.29, 1.82) is 0 Å². The van der Waals surface area contributed by atoms with Crippen LogP contribution < -0.4 is 4.74 Å². The van der Waals surface area contributed by atoms with Crippen molar-refractivity contribution < 1.29 is 14.6 Å². The molecule has 1 aromatic heterocycles. The number of H-pyrrole nitrogens is 1. The quantitative estimate of drug-likeness (QED) is 0.550. The number of nitrogens with zero attached hydrogens (tertiary/aromatic N) is 1. The summed E-state index contributed by atoms with van der Waals surface area (Å²) < 4.78 is 5.83. The normalized spacial score (nSPS) is 28.5. The highest BCUT2D eigenvalue weighted by Gasteiger charge is 2.54. The molecule has 1 saturated heterocycles. The monoisotopic (exact) mass is 428 g/mol. The molecule has 2 aromatic carbocycles. The SMILES string of the molecule is COc1cc(C)c2[nH]ccc2c1CN1C[C@H]2[C@H]([C@@H]3C=C[C@H]2C3)[C@H]1c1ccc(C(=O)O)cc1. The lowest BCUT2D eigenvalue weighted by atomic mass is 9.79. The molecule has 2 aliphatic carbocycles. The van der Waals surface area contributed by atoms with E-state index in [-0.39, 0.29) is 6.04 Å². The van der Waals surface area contributed by atoms with Crippen LogP contribution in [0.1, 0.15) is 39.5 Å². The van der Waals surface area contributed by atoms with Gasteiger partial charge in [-0.25, -0.2) is 4.79 Å². The first-order valence-corrected chi connectivity index (χ1v) is 11.4. The Balaban J connectivity index is 1.42. The summed E-state index contributed by atoms with van der Waals surface area (Å²) in [6, 6.07) is 12.1. The van der Waals surface area contributed by atoms with Crippen molar-refractivity contribution in [3.05, 3.63) is 77.0 Å². The molecule has 2 fully saturated rings. The highest BCUT2D eigenvalue weighted by atomic mass is 16.5. The summed E-state index contributed by atoms with van der Waals surface area (Å²) in [5.74, 6) is 2.59. The minimum atomic E-state index is -0.875. The first kappa shape index (κ1) is 19.6. The van der Waals surface area contributed by atoms with Gasteiger partial charge in [0.25, 0.3) is 0 Å². The summed E-state index contributed by atoms with van der Waals surface area (Å²) in [7, 11) is 1.75. The Kier molecular flexibility index (Phi) is 4.44. The molecule has 5 atom stereocenters. The third-order valence-corrected chi connectivity index (χ3v) is 8.08. The maximum atomic E-state index is 11.4. The van der Waals surface area contributed by atoms with E-state index in [0.717, 1.165) is 18.8 Å². The van der Waals surface area contributed by atoms with E-state index in [1.807, 2.05) is 18.3 Å².